The van der Waals surface area contributed by atoms with Crippen molar-refractivity contribution in [3.05, 3.63) is 51.2 Å². The predicted molar refractivity (Wildman–Crippen MR) is 90.1 cm³/mol. The van der Waals surface area contributed by atoms with Crippen LogP contribution < -0.4 is 4.90 Å². The molecule has 120 valence electrons. The van der Waals surface area contributed by atoms with E-state index in [1.54, 1.807) is 6.07 Å². The molecule has 7 heteroatoms. The summed E-state index contributed by atoms with van der Waals surface area (Å²) in [5.74, 6) is 0.0258. The van der Waals surface area contributed by atoms with Crippen LogP contribution in [0.25, 0.3) is 0 Å². The van der Waals surface area contributed by atoms with Gasteiger partial charge in [-0.05, 0) is 43.5 Å². The van der Waals surface area contributed by atoms with Crippen LogP contribution in [0, 0.1) is 10.1 Å². The number of hydrogen-bond donors (Lipinski definition) is 0. The molecule has 1 aliphatic heterocycles. The first-order chi connectivity index (χ1) is 11.1. The summed E-state index contributed by atoms with van der Waals surface area (Å²) >= 11 is 6.36. The molecule has 1 aromatic carbocycles. The Labute approximate surface area is 138 Å². The Morgan fingerprint density at radius 3 is 2.65 bits per heavy atom. The Bertz CT molecular complexity index is 736. The second-order valence-electron chi connectivity index (χ2n) is 5.37. The molecule has 1 saturated heterocycles. The highest BCUT2D eigenvalue weighted by atomic mass is 35.5. The standard InChI is InChI=1S/C16H16ClN3O3/c17-14-10-12(4-6-15(14)19-8-2-1-3-9-19)18-11-13-5-7-16(23-13)20(21)22/h4-7,10-11H,1-3,8-9H2. The van der Waals surface area contributed by atoms with Gasteiger partial charge in [-0.15, -0.1) is 0 Å². The molecular formula is C16H16ClN3O3. The van der Waals surface area contributed by atoms with Gasteiger partial charge < -0.3 is 9.32 Å². The normalized spacial score (nSPS) is 15.3. The van der Waals surface area contributed by atoms with Gasteiger partial charge in [-0.3, -0.25) is 15.1 Å². The fourth-order valence-corrected chi connectivity index (χ4v) is 2.91. The highest BCUT2D eigenvalue weighted by Crippen LogP contribution is 2.31. The molecule has 2 aromatic rings. The molecule has 23 heavy (non-hydrogen) atoms. The summed E-state index contributed by atoms with van der Waals surface area (Å²) in [6.45, 7) is 2.05. The molecule has 3 rings (SSSR count). The molecule has 0 spiro atoms. The van der Waals surface area contributed by atoms with Crippen LogP contribution >= 0.6 is 11.6 Å². The first kappa shape index (κ1) is 15.6. The number of anilines is 1. The van der Waals surface area contributed by atoms with Crippen LogP contribution in [0.4, 0.5) is 17.3 Å². The average Bonchev–Trinajstić information content (AvgIpc) is 3.03. The van der Waals surface area contributed by atoms with Crippen LogP contribution in [-0.4, -0.2) is 24.2 Å². The lowest BCUT2D eigenvalue weighted by atomic mass is 10.1. The Morgan fingerprint density at radius 1 is 1.22 bits per heavy atom. The minimum atomic E-state index is -0.582. The number of aliphatic imine (C=N–C) groups is 1. The number of benzene rings is 1. The quantitative estimate of drug-likeness (QED) is 0.466. The van der Waals surface area contributed by atoms with E-state index < -0.39 is 4.92 Å². The van der Waals surface area contributed by atoms with Gasteiger partial charge in [0.05, 0.1) is 28.7 Å². The molecule has 1 aliphatic rings. The van der Waals surface area contributed by atoms with Gasteiger partial charge in [-0.1, -0.05) is 11.6 Å². The van der Waals surface area contributed by atoms with Crippen molar-refractivity contribution in [3.8, 4) is 0 Å². The van der Waals surface area contributed by atoms with E-state index in [9.17, 15) is 10.1 Å². The van der Waals surface area contributed by atoms with Crippen molar-refractivity contribution < 1.29 is 9.34 Å². The third kappa shape index (κ3) is 3.71. The maximum Gasteiger partial charge on any atom is 0.433 e. The lowest BCUT2D eigenvalue weighted by Crippen LogP contribution is -2.29. The van der Waals surface area contributed by atoms with Crippen molar-refractivity contribution in [1.29, 1.82) is 0 Å². The average molecular weight is 334 g/mol. The largest absolute Gasteiger partial charge is 0.433 e. The zero-order valence-electron chi connectivity index (χ0n) is 12.4. The van der Waals surface area contributed by atoms with Gasteiger partial charge in [0.15, 0.2) is 5.76 Å². The summed E-state index contributed by atoms with van der Waals surface area (Å²) in [7, 11) is 0. The third-order valence-corrected chi connectivity index (χ3v) is 4.06. The van der Waals surface area contributed by atoms with Crippen molar-refractivity contribution in [1.82, 2.24) is 0 Å². The second-order valence-corrected chi connectivity index (χ2v) is 5.78. The molecule has 1 aromatic heterocycles. The van der Waals surface area contributed by atoms with Gasteiger partial charge in [0, 0.05) is 13.1 Å². The summed E-state index contributed by atoms with van der Waals surface area (Å²) in [6, 6.07) is 8.44. The maximum absolute atomic E-state index is 10.6. The van der Waals surface area contributed by atoms with E-state index in [4.69, 9.17) is 16.0 Å². The number of nitrogens with zero attached hydrogens (tertiary/aromatic N) is 3. The number of hydrogen-bond acceptors (Lipinski definition) is 5. The van der Waals surface area contributed by atoms with E-state index in [2.05, 4.69) is 9.89 Å². The number of piperidine rings is 1. The molecule has 0 bridgehead atoms. The Morgan fingerprint density at radius 2 is 2.00 bits per heavy atom. The summed E-state index contributed by atoms with van der Waals surface area (Å²) < 4.78 is 5.03. The number of nitro groups is 1. The Hall–Kier alpha value is -2.34. The molecule has 0 N–H and O–H groups in total. The van der Waals surface area contributed by atoms with Gasteiger partial charge in [0.25, 0.3) is 0 Å². The number of furan rings is 1. The van der Waals surface area contributed by atoms with Crippen molar-refractivity contribution >= 4 is 35.1 Å². The van der Waals surface area contributed by atoms with Crippen LogP contribution in [0.15, 0.2) is 39.7 Å². The van der Waals surface area contributed by atoms with E-state index in [1.165, 1.54) is 37.6 Å². The molecule has 0 saturated carbocycles. The summed E-state index contributed by atoms with van der Waals surface area (Å²) in [6.07, 6.45) is 5.09. The van der Waals surface area contributed by atoms with E-state index in [0.717, 1.165) is 18.8 Å². The minimum absolute atomic E-state index is 0.301. The fourth-order valence-electron chi connectivity index (χ4n) is 2.62. The van der Waals surface area contributed by atoms with Gasteiger partial charge >= 0.3 is 5.88 Å². The van der Waals surface area contributed by atoms with Crippen molar-refractivity contribution in [3.63, 3.8) is 0 Å². The first-order valence-corrected chi connectivity index (χ1v) is 7.84. The molecule has 0 unspecified atom stereocenters. The number of halogens is 1. The molecular weight excluding hydrogens is 318 g/mol. The van der Waals surface area contributed by atoms with Crippen molar-refractivity contribution in [2.75, 3.05) is 18.0 Å². The zero-order chi connectivity index (χ0) is 16.2. The van der Waals surface area contributed by atoms with Crippen LogP contribution in [0.2, 0.25) is 5.02 Å². The van der Waals surface area contributed by atoms with Crippen LogP contribution in [-0.2, 0) is 0 Å². The lowest BCUT2D eigenvalue weighted by Gasteiger charge is -2.29. The predicted octanol–water partition coefficient (Wildman–Crippen LogP) is 4.58. The van der Waals surface area contributed by atoms with E-state index in [0.29, 0.717) is 16.5 Å². The molecule has 6 nitrogen and oxygen atoms in total. The fraction of sp³-hybridized carbons (Fsp3) is 0.312. The van der Waals surface area contributed by atoms with Gasteiger partial charge in [0.2, 0.25) is 0 Å². The van der Waals surface area contributed by atoms with Crippen LogP contribution in [0.1, 0.15) is 25.0 Å². The van der Waals surface area contributed by atoms with Gasteiger partial charge in [-0.25, -0.2) is 0 Å². The van der Waals surface area contributed by atoms with E-state index >= 15 is 0 Å². The molecule has 0 amide bonds. The van der Waals surface area contributed by atoms with E-state index in [-0.39, 0.29) is 5.88 Å². The Kier molecular flexibility index (Phi) is 4.62. The Balaban J connectivity index is 1.74. The van der Waals surface area contributed by atoms with Crippen molar-refractivity contribution in [2.24, 2.45) is 4.99 Å². The zero-order valence-corrected chi connectivity index (χ0v) is 13.2. The molecule has 1 fully saturated rings. The van der Waals surface area contributed by atoms with Crippen LogP contribution in [0.3, 0.4) is 0 Å². The molecule has 0 atom stereocenters. The maximum atomic E-state index is 10.6. The van der Waals surface area contributed by atoms with Crippen LogP contribution in [0.5, 0.6) is 0 Å². The smallest absolute Gasteiger partial charge is 0.400 e. The minimum Gasteiger partial charge on any atom is -0.400 e. The summed E-state index contributed by atoms with van der Waals surface area (Å²) in [5.41, 5.74) is 1.70. The monoisotopic (exact) mass is 333 g/mol. The molecule has 0 radical (unpaired) electrons. The molecule has 0 aliphatic carbocycles. The summed E-state index contributed by atoms with van der Waals surface area (Å²) in [4.78, 5) is 16.5. The first-order valence-electron chi connectivity index (χ1n) is 7.46. The highest BCUT2D eigenvalue weighted by molar-refractivity contribution is 6.33. The topological polar surface area (TPSA) is 71.9 Å². The highest BCUT2D eigenvalue weighted by Gasteiger charge is 2.14. The lowest BCUT2D eigenvalue weighted by molar-refractivity contribution is -0.402. The third-order valence-electron chi connectivity index (χ3n) is 3.76. The SMILES string of the molecule is O=[N+]([O-])c1ccc(C=Nc2ccc(N3CCCCC3)c(Cl)c2)o1. The second kappa shape index (κ2) is 6.83. The van der Waals surface area contributed by atoms with Crippen molar-refractivity contribution in [2.45, 2.75) is 19.3 Å². The summed E-state index contributed by atoms with van der Waals surface area (Å²) in [5, 5.41) is 11.2. The van der Waals surface area contributed by atoms with Gasteiger partial charge in [-0.2, -0.15) is 0 Å². The van der Waals surface area contributed by atoms with E-state index in [1.807, 2.05) is 12.1 Å². The number of rotatable bonds is 4. The molecule has 2 heterocycles. The van der Waals surface area contributed by atoms with Gasteiger partial charge in [0.1, 0.15) is 4.92 Å².